The largest absolute Gasteiger partial charge is 0.479 e. The molecule has 1 heterocycles. The van der Waals surface area contributed by atoms with E-state index in [1.54, 1.807) is 0 Å². The van der Waals surface area contributed by atoms with Crippen molar-refractivity contribution >= 4 is 18.0 Å². The van der Waals surface area contributed by atoms with Gasteiger partial charge in [0.1, 0.15) is 12.1 Å². The smallest absolute Gasteiger partial charge is 0.408 e. The molecule has 0 unspecified atom stereocenters. The standard InChI is InChI=1S/C27H30N2O6/c30-24(31)23-22(12-15-34-23)28-25(32)27(13-6-1-7-14-27)29-26(33)35-16-21-19-10-4-2-8-17(19)18-9-3-5-11-20(18)21/h2-5,8-11,21-23H,1,6-7,12-16H2,(H,28,32)(H,29,33)(H,30,31)/t22-,23+/m0/s1. The van der Waals surface area contributed by atoms with Gasteiger partial charge in [0.25, 0.3) is 0 Å². The van der Waals surface area contributed by atoms with Crippen molar-refractivity contribution in [3.63, 3.8) is 0 Å². The molecule has 2 aliphatic carbocycles. The van der Waals surface area contributed by atoms with Gasteiger partial charge < -0.3 is 25.2 Å². The molecule has 8 nitrogen and oxygen atoms in total. The average Bonchev–Trinajstić information content (AvgIpc) is 3.46. The molecule has 8 heteroatoms. The number of nitrogens with one attached hydrogen (secondary N) is 2. The fourth-order valence-corrected chi connectivity index (χ4v) is 5.68. The number of alkyl carbamates (subject to hydrolysis) is 1. The van der Waals surface area contributed by atoms with E-state index in [-0.39, 0.29) is 25.0 Å². The Morgan fingerprint density at radius 3 is 2.23 bits per heavy atom. The molecule has 2 aromatic carbocycles. The number of hydrogen-bond acceptors (Lipinski definition) is 5. The van der Waals surface area contributed by atoms with Crippen LogP contribution < -0.4 is 10.6 Å². The van der Waals surface area contributed by atoms with Gasteiger partial charge in [0.2, 0.25) is 5.91 Å². The number of fused-ring (bicyclic) bond motifs is 3. The molecule has 2 aromatic rings. The summed E-state index contributed by atoms with van der Waals surface area (Å²) in [5.74, 6) is -1.54. The molecule has 0 bridgehead atoms. The number of carboxylic acid groups (broad SMARTS) is 1. The van der Waals surface area contributed by atoms with Crippen LogP contribution in [0.3, 0.4) is 0 Å². The van der Waals surface area contributed by atoms with Crippen molar-refractivity contribution in [1.82, 2.24) is 10.6 Å². The number of amides is 2. The van der Waals surface area contributed by atoms with Crippen LogP contribution in [0.2, 0.25) is 0 Å². The van der Waals surface area contributed by atoms with E-state index in [9.17, 15) is 19.5 Å². The number of hydrogen-bond donors (Lipinski definition) is 3. The summed E-state index contributed by atoms with van der Waals surface area (Å²) in [5.41, 5.74) is 3.41. The first kappa shape index (κ1) is 23.4. The van der Waals surface area contributed by atoms with Crippen molar-refractivity contribution in [2.45, 2.75) is 62.1 Å². The summed E-state index contributed by atoms with van der Waals surface area (Å²) in [5, 5.41) is 15.1. The minimum absolute atomic E-state index is 0.0729. The lowest BCUT2D eigenvalue weighted by Gasteiger charge is -2.37. The molecule has 35 heavy (non-hydrogen) atoms. The molecule has 5 rings (SSSR count). The second-order valence-electron chi connectivity index (χ2n) is 9.59. The SMILES string of the molecule is O=C(NC1(C(=O)N[C@H]2CCO[C@H]2C(=O)O)CCCCC1)OCC1c2ccccc2-c2ccccc21. The first-order valence-corrected chi connectivity index (χ1v) is 12.3. The highest BCUT2D eigenvalue weighted by atomic mass is 16.5. The van der Waals surface area contributed by atoms with Crippen LogP contribution in [-0.2, 0) is 19.1 Å². The van der Waals surface area contributed by atoms with Gasteiger partial charge in [-0.2, -0.15) is 0 Å². The molecule has 0 radical (unpaired) electrons. The van der Waals surface area contributed by atoms with Crippen LogP contribution >= 0.6 is 0 Å². The summed E-state index contributed by atoms with van der Waals surface area (Å²) in [4.78, 5) is 37.8. The maximum Gasteiger partial charge on any atom is 0.408 e. The van der Waals surface area contributed by atoms with E-state index in [1.807, 2.05) is 24.3 Å². The molecule has 184 valence electrons. The molecular formula is C27H30N2O6. The molecule has 1 saturated carbocycles. The van der Waals surface area contributed by atoms with Gasteiger partial charge >= 0.3 is 12.1 Å². The molecule has 0 aromatic heterocycles. The van der Waals surface area contributed by atoms with Crippen LogP contribution in [0.4, 0.5) is 4.79 Å². The summed E-state index contributed by atoms with van der Waals surface area (Å²) in [6, 6.07) is 15.6. The molecule has 1 saturated heterocycles. The average molecular weight is 479 g/mol. The molecular weight excluding hydrogens is 448 g/mol. The Morgan fingerprint density at radius 2 is 1.60 bits per heavy atom. The second-order valence-corrected chi connectivity index (χ2v) is 9.59. The fraction of sp³-hybridized carbons (Fsp3) is 0.444. The number of carboxylic acids is 1. The zero-order valence-electron chi connectivity index (χ0n) is 19.5. The minimum Gasteiger partial charge on any atom is -0.479 e. The van der Waals surface area contributed by atoms with E-state index >= 15 is 0 Å². The van der Waals surface area contributed by atoms with Gasteiger partial charge in [-0.1, -0.05) is 67.8 Å². The fourth-order valence-electron chi connectivity index (χ4n) is 5.68. The summed E-state index contributed by atoms with van der Waals surface area (Å²) >= 11 is 0. The van der Waals surface area contributed by atoms with Gasteiger partial charge in [-0.15, -0.1) is 0 Å². The van der Waals surface area contributed by atoms with Crippen LogP contribution in [0.15, 0.2) is 48.5 Å². The third-order valence-electron chi connectivity index (χ3n) is 7.48. The van der Waals surface area contributed by atoms with Crippen LogP contribution in [0, 0.1) is 0 Å². The Balaban J connectivity index is 1.28. The van der Waals surface area contributed by atoms with Gasteiger partial charge in [0, 0.05) is 12.5 Å². The number of aliphatic carboxylic acids is 1. The first-order chi connectivity index (χ1) is 17.0. The summed E-state index contributed by atoms with van der Waals surface area (Å²) in [7, 11) is 0. The summed E-state index contributed by atoms with van der Waals surface area (Å²) in [6.45, 7) is 0.434. The normalized spacial score (nSPS) is 22.6. The van der Waals surface area contributed by atoms with Gasteiger partial charge in [-0.05, 0) is 41.5 Å². The number of carbonyl (C=O) groups is 3. The zero-order valence-corrected chi connectivity index (χ0v) is 19.5. The van der Waals surface area contributed by atoms with Crippen molar-refractivity contribution < 1.29 is 29.0 Å². The van der Waals surface area contributed by atoms with Gasteiger partial charge in [0.15, 0.2) is 6.10 Å². The van der Waals surface area contributed by atoms with Crippen LogP contribution in [0.1, 0.15) is 55.6 Å². The monoisotopic (exact) mass is 478 g/mol. The highest BCUT2D eigenvalue weighted by Crippen LogP contribution is 2.44. The number of rotatable bonds is 6. The van der Waals surface area contributed by atoms with E-state index in [4.69, 9.17) is 9.47 Å². The lowest BCUT2D eigenvalue weighted by Crippen LogP contribution is -2.62. The Morgan fingerprint density at radius 1 is 0.971 bits per heavy atom. The lowest BCUT2D eigenvalue weighted by molar-refractivity contribution is -0.148. The Labute approximate surface area is 204 Å². The van der Waals surface area contributed by atoms with Gasteiger partial charge in [-0.25, -0.2) is 9.59 Å². The van der Waals surface area contributed by atoms with Crippen molar-refractivity contribution in [3.05, 3.63) is 59.7 Å². The molecule has 2 fully saturated rings. The predicted molar refractivity (Wildman–Crippen MR) is 128 cm³/mol. The maximum absolute atomic E-state index is 13.3. The predicted octanol–water partition coefficient (Wildman–Crippen LogP) is 3.59. The van der Waals surface area contributed by atoms with Crippen LogP contribution in [0.25, 0.3) is 11.1 Å². The van der Waals surface area contributed by atoms with Crippen LogP contribution in [-0.4, -0.2) is 54.0 Å². The van der Waals surface area contributed by atoms with E-state index in [0.717, 1.165) is 41.5 Å². The maximum atomic E-state index is 13.3. The van der Waals surface area contributed by atoms with E-state index in [1.165, 1.54) is 0 Å². The van der Waals surface area contributed by atoms with Crippen molar-refractivity contribution in [3.8, 4) is 11.1 Å². The molecule has 2 amide bonds. The van der Waals surface area contributed by atoms with E-state index < -0.39 is 29.7 Å². The second kappa shape index (κ2) is 9.70. The Hall–Kier alpha value is -3.39. The molecule has 2 atom stereocenters. The number of carbonyl (C=O) groups excluding carboxylic acids is 2. The van der Waals surface area contributed by atoms with E-state index in [2.05, 4.69) is 34.9 Å². The zero-order chi connectivity index (χ0) is 24.4. The van der Waals surface area contributed by atoms with Gasteiger partial charge in [-0.3, -0.25) is 4.79 Å². The number of benzene rings is 2. The molecule has 3 N–H and O–H groups in total. The third kappa shape index (κ3) is 4.50. The topological polar surface area (TPSA) is 114 Å². The van der Waals surface area contributed by atoms with Gasteiger partial charge in [0.05, 0.1) is 6.04 Å². The Kier molecular flexibility index (Phi) is 6.47. The van der Waals surface area contributed by atoms with Crippen molar-refractivity contribution in [2.75, 3.05) is 13.2 Å². The first-order valence-electron chi connectivity index (χ1n) is 12.3. The molecule has 1 aliphatic heterocycles. The quantitative estimate of drug-likeness (QED) is 0.585. The van der Waals surface area contributed by atoms with Crippen LogP contribution in [0.5, 0.6) is 0 Å². The summed E-state index contributed by atoms with van der Waals surface area (Å²) in [6.07, 6.45) is 2.23. The Bertz CT molecular complexity index is 1080. The lowest BCUT2D eigenvalue weighted by atomic mass is 9.80. The third-order valence-corrected chi connectivity index (χ3v) is 7.48. The molecule has 0 spiro atoms. The highest BCUT2D eigenvalue weighted by Gasteiger charge is 2.45. The van der Waals surface area contributed by atoms with Crippen molar-refractivity contribution in [2.24, 2.45) is 0 Å². The number of ether oxygens (including phenoxy) is 2. The van der Waals surface area contributed by atoms with Crippen molar-refractivity contribution in [1.29, 1.82) is 0 Å². The van der Waals surface area contributed by atoms with E-state index in [0.29, 0.717) is 19.3 Å². The molecule has 3 aliphatic rings. The summed E-state index contributed by atoms with van der Waals surface area (Å²) < 4.78 is 11.0. The highest BCUT2D eigenvalue weighted by molar-refractivity contribution is 5.91. The minimum atomic E-state index is -1.12.